The van der Waals surface area contributed by atoms with Gasteiger partial charge in [0.25, 0.3) is 0 Å². The maximum Gasteiger partial charge on any atom is 0.408 e. The van der Waals surface area contributed by atoms with E-state index in [4.69, 9.17) is 29.4 Å². The van der Waals surface area contributed by atoms with Crippen molar-refractivity contribution in [1.82, 2.24) is 10.6 Å². The molecule has 0 radical (unpaired) electrons. The van der Waals surface area contributed by atoms with Gasteiger partial charge in [-0.3, -0.25) is 4.79 Å². The molecule has 10 nitrogen and oxygen atoms in total. The van der Waals surface area contributed by atoms with Gasteiger partial charge in [0.05, 0.1) is 14.2 Å². The Bertz CT molecular complexity index is 1650. The van der Waals surface area contributed by atoms with Crippen molar-refractivity contribution in [3.63, 3.8) is 0 Å². The Morgan fingerprint density at radius 1 is 0.735 bits per heavy atom. The average Bonchev–Trinajstić information content (AvgIpc) is 3.08. The van der Waals surface area contributed by atoms with Crippen molar-refractivity contribution in [3.8, 4) is 28.7 Å². The van der Waals surface area contributed by atoms with Crippen molar-refractivity contribution in [2.24, 2.45) is 5.73 Å². The third-order valence-corrected chi connectivity index (χ3v) is 7.44. The van der Waals surface area contributed by atoms with E-state index in [1.807, 2.05) is 84.9 Å². The van der Waals surface area contributed by atoms with Crippen LogP contribution in [0.2, 0.25) is 0 Å². The Kier molecular flexibility index (Phi) is 13.3. The zero-order chi connectivity index (χ0) is 35.2. The van der Waals surface area contributed by atoms with Crippen LogP contribution in [0.15, 0.2) is 91.0 Å². The minimum Gasteiger partial charge on any atom is -0.493 e. The lowest BCUT2D eigenvalue weighted by atomic mass is 10.0. The Morgan fingerprint density at radius 3 is 2.02 bits per heavy atom. The first-order valence-electron chi connectivity index (χ1n) is 16.3. The quantitative estimate of drug-likeness (QED) is 0.126. The number of hydrogen-bond donors (Lipinski definition) is 3. The van der Waals surface area contributed by atoms with Crippen LogP contribution in [-0.2, 0) is 35.4 Å². The summed E-state index contributed by atoms with van der Waals surface area (Å²) in [7, 11) is 3.18. The van der Waals surface area contributed by atoms with Crippen LogP contribution in [0, 0.1) is 0 Å². The summed E-state index contributed by atoms with van der Waals surface area (Å²) in [4.78, 5) is 26.2. The van der Waals surface area contributed by atoms with Gasteiger partial charge in [0.1, 0.15) is 24.0 Å². The summed E-state index contributed by atoms with van der Waals surface area (Å²) in [5.74, 6) is 2.67. The molecule has 0 aliphatic heterocycles. The molecule has 0 aliphatic carbocycles. The Hall–Kier alpha value is -5.22. The van der Waals surface area contributed by atoms with Crippen LogP contribution >= 0.6 is 0 Å². The highest BCUT2D eigenvalue weighted by atomic mass is 16.6. The van der Waals surface area contributed by atoms with Crippen LogP contribution in [0.25, 0.3) is 0 Å². The number of alkyl carbamates (subject to hydrolysis) is 1. The lowest BCUT2D eigenvalue weighted by Gasteiger charge is -2.23. The van der Waals surface area contributed by atoms with Crippen LogP contribution < -0.4 is 35.3 Å². The molecule has 4 rings (SSSR count). The van der Waals surface area contributed by atoms with E-state index in [-0.39, 0.29) is 12.3 Å². The number of benzene rings is 4. The second-order valence-corrected chi connectivity index (χ2v) is 12.5. The highest BCUT2D eigenvalue weighted by Gasteiger charge is 2.25. The van der Waals surface area contributed by atoms with Gasteiger partial charge in [0, 0.05) is 13.0 Å². The van der Waals surface area contributed by atoms with Gasteiger partial charge in [-0.2, -0.15) is 0 Å². The van der Waals surface area contributed by atoms with Gasteiger partial charge >= 0.3 is 6.09 Å². The number of carbonyl (C=O) groups is 2. The van der Waals surface area contributed by atoms with Crippen LogP contribution in [-0.4, -0.2) is 51.0 Å². The molecule has 0 aromatic heterocycles. The van der Waals surface area contributed by atoms with Gasteiger partial charge in [-0.05, 0) is 98.8 Å². The van der Waals surface area contributed by atoms with Crippen molar-refractivity contribution in [3.05, 3.63) is 113 Å². The number of nitrogens with two attached hydrogens (primary N) is 1. The molecule has 4 aromatic rings. The van der Waals surface area contributed by atoms with Crippen molar-refractivity contribution in [2.75, 3.05) is 27.3 Å². The molecule has 0 fully saturated rings. The molecule has 4 aromatic carbocycles. The standard InChI is InChI=1S/C39H47N3O7/c1-39(2,3)49-38(44)42-32(23-30-14-18-33(45-4)35(25-30)47-26-29-9-7-6-8-10-29)37(43)41-22-20-27-11-15-31(16-12-27)48-36-24-28(19-21-40)13-17-34(36)46-5/h6-18,24-25,32H,19-23,26,40H2,1-5H3,(H,41,43)(H,42,44). The molecular weight excluding hydrogens is 622 g/mol. The second-order valence-electron chi connectivity index (χ2n) is 12.5. The van der Waals surface area contributed by atoms with Crippen LogP contribution in [0.1, 0.15) is 43.0 Å². The average molecular weight is 670 g/mol. The summed E-state index contributed by atoms with van der Waals surface area (Å²) in [5, 5.41) is 5.72. The molecule has 1 unspecified atom stereocenters. The molecule has 49 heavy (non-hydrogen) atoms. The van der Waals surface area contributed by atoms with Crippen molar-refractivity contribution in [2.45, 2.75) is 58.3 Å². The van der Waals surface area contributed by atoms with Gasteiger partial charge in [0.2, 0.25) is 5.91 Å². The molecule has 0 bridgehead atoms. The first kappa shape index (κ1) is 36.6. The molecule has 2 amide bonds. The highest BCUT2D eigenvalue weighted by molar-refractivity contribution is 5.86. The summed E-state index contributed by atoms with van der Waals surface area (Å²) in [6.07, 6.45) is 0.838. The molecule has 0 spiro atoms. The zero-order valence-electron chi connectivity index (χ0n) is 28.9. The van der Waals surface area contributed by atoms with E-state index in [1.54, 1.807) is 41.1 Å². The van der Waals surface area contributed by atoms with Crippen LogP contribution in [0.4, 0.5) is 4.79 Å². The third-order valence-electron chi connectivity index (χ3n) is 7.44. The minimum atomic E-state index is -0.897. The SMILES string of the molecule is COc1ccc(CC(NC(=O)OC(C)(C)C)C(=O)NCCc2ccc(Oc3cc(CCN)ccc3OC)cc2)cc1OCc1ccccc1. The number of nitrogens with one attached hydrogen (secondary N) is 2. The van der Waals surface area contributed by atoms with Gasteiger partial charge in [-0.1, -0.05) is 54.6 Å². The molecule has 0 saturated carbocycles. The molecule has 260 valence electrons. The maximum atomic E-state index is 13.5. The van der Waals surface area contributed by atoms with E-state index in [2.05, 4.69) is 10.6 Å². The summed E-state index contributed by atoms with van der Waals surface area (Å²) >= 11 is 0. The topological polar surface area (TPSA) is 130 Å². The highest BCUT2D eigenvalue weighted by Crippen LogP contribution is 2.33. The van der Waals surface area contributed by atoms with E-state index in [0.717, 1.165) is 28.7 Å². The maximum absolute atomic E-state index is 13.5. The summed E-state index contributed by atoms with van der Waals surface area (Å²) in [6.45, 7) is 6.56. The van der Waals surface area contributed by atoms with E-state index in [0.29, 0.717) is 54.9 Å². The number of carbonyl (C=O) groups excluding carboxylic acids is 2. The molecule has 0 aliphatic rings. The van der Waals surface area contributed by atoms with Gasteiger partial charge in [-0.25, -0.2) is 4.79 Å². The van der Waals surface area contributed by atoms with Crippen molar-refractivity contribution >= 4 is 12.0 Å². The Balaban J connectivity index is 1.40. The summed E-state index contributed by atoms with van der Waals surface area (Å²) < 4.78 is 28.6. The summed E-state index contributed by atoms with van der Waals surface area (Å²) in [6, 6.07) is 27.8. The number of methoxy groups -OCH3 is 2. The predicted octanol–water partition coefficient (Wildman–Crippen LogP) is 6.37. The third kappa shape index (κ3) is 11.8. The number of ether oxygens (including phenoxy) is 5. The molecule has 0 saturated heterocycles. The first-order valence-corrected chi connectivity index (χ1v) is 16.3. The number of rotatable bonds is 16. The Labute approximate surface area is 288 Å². The minimum absolute atomic E-state index is 0.207. The van der Waals surface area contributed by atoms with Gasteiger partial charge < -0.3 is 40.1 Å². The molecule has 10 heteroatoms. The fourth-order valence-corrected chi connectivity index (χ4v) is 5.02. The van der Waals surface area contributed by atoms with E-state index in [1.165, 1.54) is 0 Å². The van der Waals surface area contributed by atoms with E-state index >= 15 is 0 Å². The van der Waals surface area contributed by atoms with Gasteiger partial charge in [-0.15, -0.1) is 0 Å². The lowest BCUT2D eigenvalue weighted by Crippen LogP contribution is -2.49. The molecule has 0 heterocycles. The molecular formula is C39H47N3O7. The predicted molar refractivity (Wildman–Crippen MR) is 190 cm³/mol. The van der Waals surface area contributed by atoms with E-state index in [9.17, 15) is 9.59 Å². The Morgan fingerprint density at radius 2 is 1.37 bits per heavy atom. The van der Waals surface area contributed by atoms with Crippen molar-refractivity contribution in [1.29, 1.82) is 0 Å². The zero-order valence-corrected chi connectivity index (χ0v) is 28.9. The number of amides is 2. The monoisotopic (exact) mass is 669 g/mol. The second kappa shape index (κ2) is 17.8. The number of hydrogen-bond acceptors (Lipinski definition) is 8. The van der Waals surface area contributed by atoms with Crippen LogP contribution in [0.3, 0.4) is 0 Å². The van der Waals surface area contributed by atoms with Crippen LogP contribution in [0.5, 0.6) is 28.7 Å². The smallest absolute Gasteiger partial charge is 0.408 e. The normalized spacial score (nSPS) is 11.6. The van der Waals surface area contributed by atoms with E-state index < -0.39 is 17.7 Å². The largest absolute Gasteiger partial charge is 0.493 e. The fourth-order valence-electron chi connectivity index (χ4n) is 5.02. The lowest BCUT2D eigenvalue weighted by molar-refractivity contribution is -0.123. The van der Waals surface area contributed by atoms with Gasteiger partial charge in [0.15, 0.2) is 23.0 Å². The summed E-state index contributed by atoms with van der Waals surface area (Å²) in [5.41, 5.74) is 8.84. The molecule has 4 N–H and O–H groups in total. The fraction of sp³-hybridized carbons (Fsp3) is 0.333. The molecule has 1 atom stereocenters. The van der Waals surface area contributed by atoms with Crippen molar-refractivity contribution < 1.29 is 33.3 Å². The first-order chi connectivity index (χ1) is 23.6.